The number of carboxylic acids is 1. The van der Waals surface area contributed by atoms with E-state index in [1.807, 2.05) is 24.8 Å². The van der Waals surface area contributed by atoms with Crippen LogP contribution in [0.5, 0.6) is 0 Å². The summed E-state index contributed by atoms with van der Waals surface area (Å²) in [6.07, 6.45) is 1.95. The standard InChI is InChI=1S/C15H22N2O3/c1-10-8-11(2)16-13(12(10)14(18)19)17-7-5-6-15(3,9-17)20-4/h8H,5-7,9H2,1-4H3,(H,18,19). The molecule has 2 heterocycles. The fourth-order valence-corrected chi connectivity index (χ4v) is 2.86. The van der Waals surface area contributed by atoms with Crippen LogP contribution in [0.3, 0.4) is 0 Å². The van der Waals surface area contributed by atoms with E-state index in [0.717, 1.165) is 30.6 Å². The van der Waals surface area contributed by atoms with Crippen LogP contribution in [0.1, 0.15) is 41.4 Å². The minimum absolute atomic E-state index is 0.243. The van der Waals surface area contributed by atoms with Crippen molar-refractivity contribution in [2.24, 2.45) is 0 Å². The molecule has 1 atom stereocenters. The van der Waals surface area contributed by atoms with Gasteiger partial charge in [0.15, 0.2) is 0 Å². The molecule has 5 heteroatoms. The molecule has 2 rings (SSSR count). The average Bonchev–Trinajstić information content (AvgIpc) is 2.37. The normalized spacial score (nSPS) is 22.9. The summed E-state index contributed by atoms with van der Waals surface area (Å²) in [5.41, 5.74) is 1.65. The van der Waals surface area contributed by atoms with Crippen molar-refractivity contribution in [3.05, 3.63) is 22.9 Å². The fourth-order valence-electron chi connectivity index (χ4n) is 2.86. The van der Waals surface area contributed by atoms with Gasteiger partial charge in [-0.3, -0.25) is 0 Å². The van der Waals surface area contributed by atoms with Crippen molar-refractivity contribution in [2.75, 3.05) is 25.1 Å². The molecule has 1 fully saturated rings. The van der Waals surface area contributed by atoms with Crippen molar-refractivity contribution in [3.63, 3.8) is 0 Å². The lowest BCUT2D eigenvalue weighted by atomic mass is 9.94. The number of rotatable bonds is 3. The Morgan fingerprint density at radius 3 is 2.80 bits per heavy atom. The van der Waals surface area contributed by atoms with Crippen LogP contribution >= 0.6 is 0 Å². The predicted octanol–water partition coefficient (Wildman–Crippen LogP) is 2.40. The summed E-state index contributed by atoms with van der Waals surface area (Å²) < 4.78 is 5.57. The molecule has 0 bridgehead atoms. The molecule has 110 valence electrons. The lowest BCUT2D eigenvalue weighted by molar-refractivity contribution is -0.00490. The Balaban J connectivity index is 2.44. The number of carbonyl (C=O) groups is 1. The van der Waals surface area contributed by atoms with Gasteiger partial charge in [-0.2, -0.15) is 0 Å². The van der Waals surface area contributed by atoms with Gasteiger partial charge in [0.25, 0.3) is 0 Å². The van der Waals surface area contributed by atoms with E-state index in [2.05, 4.69) is 11.9 Å². The van der Waals surface area contributed by atoms with Gasteiger partial charge in [-0.05, 0) is 45.2 Å². The van der Waals surface area contributed by atoms with E-state index in [1.54, 1.807) is 7.11 Å². The molecule has 0 saturated carbocycles. The van der Waals surface area contributed by atoms with E-state index in [-0.39, 0.29) is 5.60 Å². The second kappa shape index (κ2) is 5.40. The number of aromatic nitrogens is 1. The van der Waals surface area contributed by atoms with Gasteiger partial charge in [0, 0.05) is 25.9 Å². The van der Waals surface area contributed by atoms with Gasteiger partial charge in [0.1, 0.15) is 11.4 Å². The second-order valence-corrected chi connectivity index (χ2v) is 5.76. The molecule has 1 aromatic rings. The molecule has 1 N–H and O–H groups in total. The van der Waals surface area contributed by atoms with Gasteiger partial charge in [-0.25, -0.2) is 9.78 Å². The summed E-state index contributed by atoms with van der Waals surface area (Å²) in [5, 5.41) is 9.46. The Hall–Kier alpha value is -1.62. The van der Waals surface area contributed by atoms with Crippen LogP contribution in [0.25, 0.3) is 0 Å². The first-order valence-corrected chi connectivity index (χ1v) is 6.88. The van der Waals surface area contributed by atoms with Crippen molar-refractivity contribution in [2.45, 2.75) is 39.2 Å². The highest BCUT2D eigenvalue weighted by atomic mass is 16.5. The third-order valence-electron chi connectivity index (χ3n) is 3.99. The molecule has 1 aromatic heterocycles. The van der Waals surface area contributed by atoms with Crippen LogP contribution in [-0.2, 0) is 4.74 Å². The van der Waals surface area contributed by atoms with Crippen molar-refractivity contribution < 1.29 is 14.6 Å². The first-order valence-electron chi connectivity index (χ1n) is 6.88. The number of hydrogen-bond acceptors (Lipinski definition) is 4. The van der Waals surface area contributed by atoms with E-state index >= 15 is 0 Å². The van der Waals surface area contributed by atoms with Crippen molar-refractivity contribution >= 4 is 11.8 Å². The smallest absolute Gasteiger partial charge is 0.339 e. The van der Waals surface area contributed by atoms with Crippen LogP contribution in [0, 0.1) is 13.8 Å². The average molecular weight is 278 g/mol. The molecular formula is C15H22N2O3. The lowest BCUT2D eigenvalue weighted by Crippen LogP contribution is -2.48. The first kappa shape index (κ1) is 14.8. The molecule has 20 heavy (non-hydrogen) atoms. The minimum Gasteiger partial charge on any atom is -0.478 e. The summed E-state index contributed by atoms with van der Waals surface area (Å²) >= 11 is 0. The number of nitrogens with zero attached hydrogens (tertiary/aromatic N) is 2. The zero-order valence-corrected chi connectivity index (χ0v) is 12.6. The highest BCUT2D eigenvalue weighted by Crippen LogP contribution is 2.30. The Morgan fingerprint density at radius 1 is 1.50 bits per heavy atom. The molecule has 1 aliphatic rings. The third kappa shape index (κ3) is 2.77. The molecule has 1 saturated heterocycles. The monoisotopic (exact) mass is 278 g/mol. The number of aromatic carboxylic acids is 1. The number of anilines is 1. The molecule has 0 aromatic carbocycles. The number of hydrogen-bond donors (Lipinski definition) is 1. The largest absolute Gasteiger partial charge is 0.478 e. The lowest BCUT2D eigenvalue weighted by Gasteiger charge is -2.40. The summed E-state index contributed by atoms with van der Waals surface area (Å²) in [7, 11) is 1.70. The molecule has 0 spiro atoms. The summed E-state index contributed by atoms with van der Waals surface area (Å²) in [4.78, 5) is 18.0. The van der Waals surface area contributed by atoms with Gasteiger partial charge in [0.05, 0.1) is 5.60 Å². The van der Waals surface area contributed by atoms with Crippen LogP contribution in [0.15, 0.2) is 6.07 Å². The van der Waals surface area contributed by atoms with Crippen LogP contribution in [-0.4, -0.2) is 41.9 Å². The van der Waals surface area contributed by atoms with Gasteiger partial charge in [-0.15, -0.1) is 0 Å². The Labute approximate surface area is 119 Å². The quantitative estimate of drug-likeness (QED) is 0.920. The predicted molar refractivity (Wildman–Crippen MR) is 77.5 cm³/mol. The highest BCUT2D eigenvalue weighted by Gasteiger charge is 2.33. The zero-order valence-electron chi connectivity index (χ0n) is 12.6. The molecule has 0 aliphatic carbocycles. The third-order valence-corrected chi connectivity index (χ3v) is 3.99. The SMILES string of the molecule is COC1(C)CCCN(c2nc(C)cc(C)c2C(=O)O)C1. The van der Waals surface area contributed by atoms with E-state index < -0.39 is 5.97 Å². The second-order valence-electron chi connectivity index (χ2n) is 5.76. The van der Waals surface area contributed by atoms with Gasteiger partial charge >= 0.3 is 5.97 Å². The van der Waals surface area contributed by atoms with Crippen LogP contribution in [0.4, 0.5) is 5.82 Å². The molecule has 1 aliphatic heterocycles. The summed E-state index contributed by atoms with van der Waals surface area (Å²) in [6, 6.07) is 1.81. The van der Waals surface area contributed by atoms with E-state index in [1.165, 1.54) is 0 Å². The topological polar surface area (TPSA) is 62.7 Å². The van der Waals surface area contributed by atoms with Crippen molar-refractivity contribution in [1.82, 2.24) is 4.98 Å². The van der Waals surface area contributed by atoms with Crippen LogP contribution in [0.2, 0.25) is 0 Å². The Bertz CT molecular complexity index is 530. The maximum Gasteiger partial charge on any atom is 0.339 e. The molecular weight excluding hydrogens is 256 g/mol. The number of piperidine rings is 1. The van der Waals surface area contributed by atoms with E-state index in [4.69, 9.17) is 4.74 Å². The van der Waals surface area contributed by atoms with Gasteiger partial charge < -0.3 is 14.7 Å². The number of pyridine rings is 1. The van der Waals surface area contributed by atoms with E-state index in [9.17, 15) is 9.90 Å². The number of carboxylic acid groups (broad SMARTS) is 1. The van der Waals surface area contributed by atoms with Crippen molar-refractivity contribution in [1.29, 1.82) is 0 Å². The fraction of sp³-hybridized carbons (Fsp3) is 0.600. The first-order chi connectivity index (χ1) is 9.36. The summed E-state index contributed by atoms with van der Waals surface area (Å²) in [5.74, 6) is -0.354. The summed E-state index contributed by atoms with van der Waals surface area (Å²) in [6.45, 7) is 7.25. The Kier molecular flexibility index (Phi) is 3.99. The molecule has 5 nitrogen and oxygen atoms in total. The van der Waals surface area contributed by atoms with Crippen molar-refractivity contribution in [3.8, 4) is 0 Å². The molecule has 1 unspecified atom stereocenters. The van der Waals surface area contributed by atoms with Gasteiger partial charge in [0.2, 0.25) is 0 Å². The minimum atomic E-state index is -0.922. The zero-order chi connectivity index (χ0) is 14.9. The maximum atomic E-state index is 11.5. The highest BCUT2D eigenvalue weighted by molar-refractivity contribution is 5.95. The number of ether oxygens (including phenoxy) is 1. The van der Waals surface area contributed by atoms with E-state index in [0.29, 0.717) is 17.9 Å². The molecule has 0 radical (unpaired) electrons. The van der Waals surface area contributed by atoms with Gasteiger partial charge in [-0.1, -0.05) is 0 Å². The molecule has 0 amide bonds. The number of methoxy groups -OCH3 is 1. The Morgan fingerprint density at radius 2 is 2.20 bits per heavy atom. The van der Waals surface area contributed by atoms with Crippen LogP contribution < -0.4 is 4.90 Å². The maximum absolute atomic E-state index is 11.5. The number of aryl methyl sites for hydroxylation is 2.